The minimum atomic E-state index is -0.784. The fourth-order valence-corrected chi connectivity index (χ4v) is 3.32. The first-order chi connectivity index (χ1) is 12.6. The number of aliphatic hydroxyl groups excluding tert-OH is 1. The Balaban J connectivity index is 1.55. The molecular weight excluding hydrogens is 352 g/mol. The lowest BCUT2D eigenvalue weighted by Crippen LogP contribution is -2.38. The number of hydrogen-bond acceptors (Lipinski definition) is 4. The third kappa shape index (κ3) is 3.09. The third-order valence-corrected chi connectivity index (χ3v) is 4.80. The number of amides is 1. The Labute approximate surface area is 155 Å². The molecule has 3 heterocycles. The Morgan fingerprint density at radius 3 is 2.77 bits per heavy atom. The second-order valence-electron chi connectivity index (χ2n) is 6.18. The van der Waals surface area contributed by atoms with Gasteiger partial charge in [0.05, 0.1) is 35.1 Å². The van der Waals surface area contributed by atoms with E-state index in [0.717, 1.165) is 11.3 Å². The molecule has 0 unspecified atom stereocenters. The van der Waals surface area contributed by atoms with Crippen LogP contribution >= 0.6 is 11.6 Å². The second-order valence-corrected chi connectivity index (χ2v) is 6.59. The van der Waals surface area contributed by atoms with Gasteiger partial charge in [0.2, 0.25) is 0 Å². The summed E-state index contributed by atoms with van der Waals surface area (Å²) in [7, 11) is 0. The molecule has 6 nitrogen and oxygen atoms in total. The number of fused-ring (bicyclic) bond motifs is 1. The first-order valence-corrected chi connectivity index (χ1v) is 8.69. The van der Waals surface area contributed by atoms with Crippen molar-refractivity contribution in [2.45, 2.75) is 19.2 Å². The molecule has 0 saturated heterocycles. The molecule has 2 aromatic heterocycles. The summed E-state index contributed by atoms with van der Waals surface area (Å²) in [5.74, 6) is -0.130. The maximum absolute atomic E-state index is 12.7. The van der Waals surface area contributed by atoms with Crippen LogP contribution in [-0.2, 0) is 13.1 Å². The van der Waals surface area contributed by atoms with Gasteiger partial charge in [0.25, 0.3) is 5.91 Å². The van der Waals surface area contributed by atoms with Gasteiger partial charge in [0, 0.05) is 18.9 Å². The number of halogens is 1. The van der Waals surface area contributed by atoms with Crippen LogP contribution in [0.4, 0.5) is 0 Å². The standard InChI is InChI=1S/C19H17ClN4O2/c20-16-11-21-7-6-15(16)19(26)23-8-9-24-14(12-23)10-17(22-24)18(25)13-4-2-1-3-5-13/h1-7,10-11,18,25H,8-9,12H2/t18-/m0/s1. The average molecular weight is 369 g/mol. The van der Waals surface area contributed by atoms with Crippen LogP contribution in [0, 0.1) is 0 Å². The number of rotatable bonds is 3. The number of nitrogens with zero attached hydrogens (tertiary/aromatic N) is 4. The summed E-state index contributed by atoms with van der Waals surface area (Å²) in [6, 6.07) is 12.9. The van der Waals surface area contributed by atoms with E-state index in [1.165, 1.54) is 6.20 Å². The van der Waals surface area contributed by atoms with Crippen molar-refractivity contribution in [1.82, 2.24) is 19.7 Å². The smallest absolute Gasteiger partial charge is 0.255 e. The molecule has 0 fully saturated rings. The van der Waals surface area contributed by atoms with Gasteiger partial charge in [-0.2, -0.15) is 5.10 Å². The average Bonchev–Trinajstić information content (AvgIpc) is 3.11. The molecule has 1 amide bonds. The minimum Gasteiger partial charge on any atom is -0.382 e. The van der Waals surface area contributed by atoms with Crippen molar-refractivity contribution in [3.63, 3.8) is 0 Å². The number of aromatic nitrogens is 3. The van der Waals surface area contributed by atoms with Crippen LogP contribution in [0.15, 0.2) is 54.9 Å². The molecule has 0 radical (unpaired) electrons. The molecule has 1 atom stereocenters. The van der Waals surface area contributed by atoms with Crippen molar-refractivity contribution in [2.24, 2.45) is 0 Å². The largest absolute Gasteiger partial charge is 0.382 e. The van der Waals surface area contributed by atoms with Gasteiger partial charge >= 0.3 is 0 Å². The highest BCUT2D eigenvalue weighted by Gasteiger charge is 2.26. The van der Waals surface area contributed by atoms with Crippen LogP contribution < -0.4 is 0 Å². The first-order valence-electron chi connectivity index (χ1n) is 8.32. The summed E-state index contributed by atoms with van der Waals surface area (Å²) < 4.78 is 1.85. The molecular formula is C19H17ClN4O2. The van der Waals surface area contributed by atoms with Gasteiger partial charge in [-0.3, -0.25) is 14.5 Å². The van der Waals surface area contributed by atoms with Crippen LogP contribution in [-0.4, -0.2) is 37.2 Å². The van der Waals surface area contributed by atoms with E-state index in [1.54, 1.807) is 17.2 Å². The molecule has 132 valence electrons. The zero-order valence-electron chi connectivity index (χ0n) is 13.9. The summed E-state index contributed by atoms with van der Waals surface area (Å²) in [6.07, 6.45) is 2.24. The van der Waals surface area contributed by atoms with Crippen molar-refractivity contribution >= 4 is 17.5 Å². The molecule has 1 aliphatic rings. The lowest BCUT2D eigenvalue weighted by atomic mass is 10.1. The number of hydrogen-bond donors (Lipinski definition) is 1. The van der Waals surface area contributed by atoms with Crippen molar-refractivity contribution in [3.05, 3.63) is 82.4 Å². The number of carbonyl (C=O) groups excluding carboxylic acids is 1. The molecule has 26 heavy (non-hydrogen) atoms. The van der Waals surface area contributed by atoms with Gasteiger partial charge in [-0.1, -0.05) is 41.9 Å². The predicted octanol–water partition coefficient (Wildman–Crippen LogP) is 2.67. The molecule has 1 N–H and O–H groups in total. The van der Waals surface area contributed by atoms with Crippen molar-refractivity contribution < 1.29 is 9.90 Å². The Bertz CT molecular complexity index is 942. The van der Waals surface area contributed by atoms with Crippen LogP contribution in [0.1, 0.15) is 33.4 Å². The maximum Gasteiger partial charge on any atom is 0.255 e. The second kappa shape index (κ2) is 6.90. The van der Waals surface area contributed by atoms with Crippen LogP contribution in [0.2, 0.25) is 5.02 Å². The van der Waals surface area contributed by atoms with E-state index >= 15 is 0 Å². The van der Waals surface area contributed by atoms with Crippen LogP contribution in [0.5, 0.6) is 0 Å². The van der Waals surface area contributed by atoms with Crippen LogP contribution in [0.3, 0.4) is 0 Å². The highest BCUT2D eigenvalue weighted by Crippen LogP contribution is 2.25. The quantitative estimate of drug-likeness (QED) is 0.771. The third-order valence-electron chi connectivity index (χ3n) is 4.50. The summed E-state index contributed by atoms with van der Waals surface area (Å²) in [4.78, 5) is 18.4. The van der Waals surface area contributed by atoms with E-state index in [2.05, 4.69) is 10.1 Å². The Morgan fingerprint density at radius 1 is 1.19 bits per heavy atom. The fraction of sp³-hybridized carbons (Fsp3) is 0.211. The molecule has 0 aliphatic carbocycles. The number of pyridine rings is 1. The number of carbonyl (C=O) groups is 1. The van der Waals surface area contributed by atoms with Crippen molar-refractivity contribution in [2.75, 3.05) is 6.54 Å². The van der Waals surface area contributed by atoms with Gasteiger partial charge in [-0.05, 0) is 17.7 Å². The molecule has 4 rings (SSSR count). The van der Waals surface area contributed by atoms with Gasteiger partial charge in [0.15, 0.2) is 0 Å². The Kier molecular flexibility index (Phi) is 4.44. The zero-order valence-corrected chi connectivity index (χ0v) is 14.7. The van der Waals surface area contributed by atoms with E-state index in [9.17, 15) is 9.90 Å². The number of benzene rings is 1. The highest BCUT2D eigenvalue weighted by molar-refractivity contribution is 6.33. The minimum absolute atomic E-state index is 0.130. The predicted molar refractivity (Wildman–Crippen MR) is 96.7 cm³/mol. The van der Waals surface area contributed by atoms with E-state index in [4.69, 9.17) is 11.6 Å². The number of aliphatic hydroxyl groups is 1. The SMILES string of the molecule is O=C(c1ccncc1Cl)N1CCn2nc([C@@H](O)c3ccccc3)cc2C1. The van der Waals surface area contributed by atoms with Crippen LogP contribution in [0.25, 0.3) is 0 Å². The lowest BCUT2D eigenvalue weighted by molar-refractivity contribution is 0.0706. The Hall–Kier alpha value is -2.70. The topological polar surface area (TPSA) is 71.2 Å². The lowest BCUT2D eigenvalue weighted by Gasteiger charge is -2.27. The summed E-state index contributed by atoms with van der Waals surface area (Å²) >= 11 is 6.09. The maximum atomic E-state index is 12.7. The van der Waals surface area contributed by atoms with Gasteiger partial charge in [-0.25, -0.2) is 0 Å². The van der Waals surface area contributed by atoms with Gasteiger partial charge < -0.3 is 10.0 Å². The molecule has 0 bridgehead atoms. The van der Waals surface area contributed by atoms with E-state index in [0.29, 0.717) is 35.9 Å². The molecule has 0 saturated carbocycles. The van der Waals surface area contributed by atoms with E-state index in [-0.39, 0.29) is 5.91 Å². The van der Waals surface area contributed by atoms with Gasteiger partial charge in [-0.15, -0.1) is 0 Å². The fourth-order valence-electron chi connectivity index (χ4n) is 3.12. The monoisotopic (exact) mass is 368 g/mol. The Morgan fingerprint density at radius 2 is 2.00 bits per heavy atom. The molecule has 1 aromatic carbocycles. The molecule has 0 spiro atoms. The normalized spacial score (nSPS) is 14.8. The van der Waals surface area contributed by atoms with Gasteiger partial charge in [0.1, 0.15) is 6.10 Å². The zero-order chi connectivity index (χ0) is 18.1. The van der Waals surface area contributed by atoms with Crippen molar-refractivity contribution in [1.29, 1.82) is 0 Å². The summed E-state index contributed by atoms with van der Waals surface area (Å²) in [5, 5.41) is 15.4. The van der Waals surface area contributed by atoms with Crippen molar-refractivity contribution in [3.8, 4) is 0 Å². The van der Waals surface area contributed by atoms with E-state index < -0.39 is 6.10 Å². The summed E-state index contributed by atoms with van der Waals surface area (Å²) in [5.41, 5.74) is 2.71. The summed E-state index contributed by atoms with van der Waals surface area (Å²) in [6.45, 7) is 1.53. The molecule has 3 aromatic rings. The highest BCUT2D eigenvalue weighted by atomic mass is 35.5. The first kappa shape index (κ1) is 16.8. The van der Waals surface area contributed by atoms with E-state index in [1.807, 2.05) is 41.1 Å². The molecule has 1 aliphatic heterocycles. The molecule has 7 heteroatoms.